The van der Waals surface area contributed by atoms with Crippen molar-refractivity contribution in [3.63, 3.8) is 0 Å². The molecule has 0 aliphatic heterocycles. The number of rotatable bonds is 5. The van der Waals surface area contributed by atoms with Crippen LogP contribution in [0.25, 0.3) is 0 Å². The third-order valence-corrected chi connectivity index (χ3v) is 4.09. The first-order chi connectivity index (χ1) is 10.5. The number of hydrogen-bond donors (Lipinski definition) is 3. The van der Waals surface area contributed by atoms with Crippen LogP contribution in [0.5, 0.6) is 5.75 Å². The summed E-state index contributed by atoms with van der Waals surface area (Å²) in [6.07, 6.45) is 2.25. The maximum absolute atomic E-state index is 13.4. The smallest absolute Gasteiger partial charge is 0.315 e. The SMILES string of the molecule is COc1cc(C(C)NC(=O)NCC2CCC(O)C2)ccc1F. The van der Waals surface area contributed by atoms with Crippen LogP contribution in [0.15, 0.2) is 18.2 Å². The second kappa shape index (κ2) is 7.45. The Morgan fingerprint density at radius 2 is 2.27 bits per heavy atom. The van der Waals surface area contributed by atoms with Gasteiger partial charge in [-0.1, -0.05) is 6.07 Å². The van der Waals surface area contributed by atoms with Crippen molar-refractivity contribution >= 4 is 6.03 Å². The lowest BCUT2D eigenvalue weighted by atomic mass is 10.1. The molecule has 6 heteroatoms. The third kappa shape index (κ3) is 4.34. The highest BCUT2D eigenvalue weighted by Crippen LogP contribution is 2.25. The van der Waals surface area contributed by atoms with Gasteiger partial charge < -0.3 is 20.5 Å². The number of hydrogen-bond acceptors (Lipinski definition) is 3. The summed E-state index contributed by atoms with van der Waals surface area (Å²) in [6.45, 7) is 2.38. The molecule has 1 aliphatic rings. The summed E-state index contributed by atoms with van der Waals surface area (Å²) < 4.78 is 18.3. The normalized spacial score (nSPS) is 22.2. The molecule has 3 N–H and O–H groups in total. The quantitative estimate of drug-likeness (QED) is 0.782. The minimum atomic E-state index is -0.428. The minimum Gasteiger partial charge on any atom is -0.494 e. The molecule has 0 bridgehead atoms. The van der Waals surface area contributed by atoms with Gasteiger partial charge in [0.1, 0.15) is 0 Å². The van der Waals surface area contributed by atoms with Crippen LogP contribution < -0.4 is 15.4 Å². The Morgan fingerprint density at radius 1 is 1.50 bits per heavy atom. The molecule has 2 amide bonds. The first-order valence-corrected chi connectivity index (χ1v) is 7.55. The van der Waals surface area contributed by atoms with Crippen LogP contribution in [0, 0.1) is 11.7 Å². The van der Waals surface area contributed by atoms with E-state index in [4.69, 9.17) is 4.74 Å². The highest BCUT2D eigenvalue weighted by molar-refractivity contribution is 5.74. The molecular weight excluding hydrogens is 287 g/mol. The summed E-state index contributed by atoms with van der Waals surface area (Å²) in [5.41, 5.74) is 0.768. The predicted molar refractivity (Wildman–Crippen MR) is 81.2 cm³/mol. The number of methoxy groups -OCH3 is 1. The fourth-order valence-electron chi connectivity index (χ4n) is 2.75. The van der Waals surface area contributed by atoms with Crippen molar-refractivity contribution in [1.82, 2.24) is 10.6 Å². The van der Waals surface area contributed by atoms with Crippen LogP contribution >= 0.6 is 0 Å². The van der Waals surface area contributed by atoms with Gasteiger partial charge in [-0.25, -0.2) is 9.18 Å². The molecule has 3 atom stereocenters. The van der Waals surface area contributed by atoms with E-state index in [1.54, 1.807) is 12.1 Å². The average molecular weight is 310 g/mol. The number of ether oxygens (including phenoxy) is 1. The molecule has 0 spiro atoms. The zero-order valence-corrected chi connectivity index (χ0v) is 12.9. The van der Waals surface area contributed by atoms with Gasteiger partial charge in [0.2, 0.25) is 0 Å². The number of urea groups is 1. The standard InChI is InChI=1S/C16H23FN2O3/c1-10(12-4-6-14(17)15(8-12)22-2)19-16(21)18-9-11-3-5-13(20)7-11/h4,6,8,10-11,13,20H,3,5,7,9H2,1-2H3,(H2,18,19,21). The van der Waals surface area contributed by atoms with Gasteiger partial charge in [-0.15, -0.1) is 0 Å². The van der Waals surface area contributed by atoms with Gasteiger partial charge >= 0.3 is 6.03 Å². The van der Waals surface area contributed by atoms with Crippen molar-refractivity contribution in [3.05, 3.63) is 29.6 Å². The second-order valence-corrected chi connectivity index (χ2v) is 5.80. The van der Waals surface area contributed by atoms with Crippen LogP contribution in [0.2, 0.25) is 0 Å². The van der Waals surface area contributed by atoms with E-state index in [-0.39, 0.29) is 23.9 Å². The summed E-state index contributed by atoms with van der Waals surface area (Å²) in [6, 6.07) is 3.99. The summed E-state index contributed by atoms with van der Waals surface area (Å²) in [5.74, 6) is 0.0659. The Morgan fingerprint density at radius 3 is 2.91 bits per heavy atom. The molecule has 3 unspecified atom stereocenters. The van der Waals surface area contributed by atoms with E-state index in [0.717, 1.165) is 24.8 Å². The highest BCUT2D eigenvalue weighted by atomic mass is 19.1. The number of halogens is 1. The molecular formula is C16H23FN2O3. The molecule has 5 nitrogen and oxygen atoms in total. The number of amides is 2. The van der Waals surface area contributed by atoms with Crippen LogP contribution in [0.1, 0.15) is 37.8 Å². The Labute approximate surface area is 129 Å². The molecule has 1 aromatic carbocycles. The van der Waals surface area contributed by atoms with Gasteiger partial charge in [0, 0.05) is 6.54 Å². The van der Waals surface area contributed by atoms with Gasteiger partial charge in [0.25, 0.3) is 0 Å². The van der Waals surface area contributed by atoms with Gasteiger partial charge in [0.05, 0.1) is 19.3 Å². The van der Waals surface area contributed by atoms with Crippen LogP contribution in [0.4, 0.5) is 9.18 Å². The van der Waals surface area contributed by atoms with E-state index in [2.05, 4.69) is 10.6 Å². The lowest BCUT2D eigenvalue weighted by Crippen LogP contribution is -2.39. The van der Waals surface area contributed by atoms with Gasteiger partial charge in [-0.2, -0.15) is 0 Å². The monoisotopic (exact) mass is 310 g/mol. The maximum Gasteiger partial charge on any atom is 0.315 e. The Bertz CT molecular complexity index is 524. The lowest BCUT2D eigenvalue weighted by molar-refractivity contribution is 0.177. The molecule has 0 saturated heterocycles. The summed E-state index contributed by atoms with van der Waals surface area (Å²) in [5, 5.41) is 15.1. The third-order valence-electron chi connectivity index (χ3n) is 4.09. The maximum atomic E-state index is 13.4. The van der Waals surface area contributed by atoms with E-state index in [9.17, 15) is 14.3 Å². The van der Waals surface area contributed by atoms with Crippen molar-refractivity contribution in [3.8, 4) is 5.75 Å². The summed E-state index contributed by atoms with van der Waals surface area (Å²) in [4.78, 5) is 11.9. The van der Waals surface area contributed by atoms with E-state index in [1.807, 2.05) is 6.92 Å². The summed E-state index contributed by atoms with van der Waals surface area (Å²) >= 11 is 0. The van der Waals surface area contributed by atoms with Crippen LogP contribution in [0.3, 0.4) is 0 Å². The number of carbonyl (C=O) groups excluding carboxylic acids is 1. The topological polar surface area (TPSA) is 70.6 Å². The minimum absolute atomic E-state index is 0.159. The van der Waals surface area contributed by atoms with Crippen molar-refractivity contribution in [2.24, 2.45) is 5.92 Å². The fourth-order valence-corrected chi connectivity index (χ4v) is 2.75. The van der Waals surface area contributed by atoms with Crippen LogP contribution in [-0.4, -0.2) is 30.9 Å². The van der Waals surface area contributed by atoms with Crippen molar-refractivity contribution < 1.29 is 19.0 Å². The van der Waals surface area contributed by atoms with E-state index in [1.165, 1.54) is 13.2 Å². The molecule has 2 rings (SSSR count). The zero-order valence-electron chi connectivity index (χ0n) is 12.9. The van der Waals surface area contributed by atoms with Gasteiger partial charge in [-0.05, 0) is 49.8 Å². The molecule has 122 valence electrons. The van der Waals surface area contributed by atoms with Gasteiger partial charge in [0.15, 0.2) is 11.6 Å². The molecule has 22 heavy (non-hydrogen) atoms. The molecule has 0 aromatic heterocycles. The molecule has 0 heterocycles. The average Bonchev–Trinajstić information content (AvgIpc) is 2.91. The number of aliphatic hydroxyl groups is 1. The zero-order chi connectivity index (χ0) is 16.1. The highest BCUT2D eigenvalue weighted by Gasteiger charge is 2.23. The lowest BCUT2D eigenvalue weighted by Gasteiger charge is -2.17. The van der Waals surface area contributed by atoms with Crippen molar-refractivity contribution in [2.45, 2.75) is 38.3 Å². The van der Waals surface area contributed by atoms with E-state index in [0.29, 0.717) is 12.5 Å². The first kappa shape index (κ1) is 16.5. The molecule has 1 aromatic rings. The van der Waals surface area contributed by atoms with Gasteiger partial charge in [-0.3, -0.25) is 0 Å². The number of aliphatic hydroxyl groups excluding tert-OH is 1. The largest absolute Gasteiger partial charge is 0.494 e. The first-order valence-electron chi connectivity index (χ1n) is 7.55. The van der Waals surface area contributed by atoms with E-state index < -0.39 is 5.82 Å². The molecule has 1 aliphatic carbocycles. The summed E-state index contributed by atoms with van der Waals surface area (Å²) in [7, 11) is 1.41. The number of carbonyl (C=O) groups is 1. The predicted octanol–water partition coefficient (Wildman–Crippen LogP) is 2.36. The Hall–Kier alpha value is -1.82. The van der Waals surface area contributed by atoms with E-state index >= 15 is 0 Å². The number of benzene rings is 1. The number of nitrogens with one attached hydrogen (secondary N) is 2. The molecule has 1 fully saturated rings. The molecule has 1 saturated carbocycles. The van der Waals surface area contributed by atoms with Crippen molar-refractivity contribution in [1.29, 1.82) is 0 Å². The van der Waals surface area contributed by atoms with Crippen LogP contribution in [-0.2, 0) is 0 Å². The van der Waals surface area contributed by atoms with Crippen molar-refractivity contribution in [2.75, 3.05) is 13.7 Å². The Balaban J connectivity index is 1.83. The Kier molecular flexibility index (Phi) is 5.60. The molecule has 0 radical (unpaired) electrons. The second-order valence-electron chi connectivity index (χ2n) is 5.80. The fraction of sp³-hybridized carbons (Fsp3) is 0.562.